The smallest absolute Gasteiger partial charge is 0.136 e. The zero-order valence-electron chi connectivity index (χ0n) is 10.6. The summed E-state index contributed by atoms with van der Waals surface area (Å²) in [5.74, 6) is 2.10. The first-order valence-corrected chi connectivity index (χ1v) is 6.49. The Labute approximate surface area is 112 Å². The standard InChI is InChI=1S/C14H19BrO2/c1-5-7-10(6-2)11-8-12(15)14(17-4)9-13(11)16-3/h5,8-10H,1,6-7H2,2-4H3. The molecule has 0 aliphatic heterocycles. The highest BCUT2D eigenvalue weighted by atomic mass is 79.9. The molecule has 0 radical (unpaired) electrons. The summed E-state index contributed by atoms with van der Waals surface area (Å²) >= 11 is 3.51. The van der Waals surface area contributed by atoms with E-state index in [-0.39, 0.29) is 0 Å². The van der Waals surface area contributed by atoms with Crippen molar-refractivity contribution in [3.8, 4) is 11.5 Å². The third-order valence-electron chi connectivity index (χ3n) is 2.89. The van der Waals surface area contributed by atoms with Crippen LogP contribution in [-0.4, -0.2) is 14.2 Å². The second-order valence-electron chi connectivity index (χ2n) is 3.86. The highest BCUT2D eigenvalue weighted by molar-refractivity contribution is 9.10. The summed E-state index contributed by atoms with van der Waals surface area (Å²) in [7, 11) is 3.34. The molecular weight excluding hydrogens is 280 g/mol. The monoisotopic (exact) mass is 298 g/mol. The van der Waals surface area contributed by atoms with Crippen molar-refractivity contribution < 1.29 is 9.47 Å². The van der Waals surface area contributed by atoms with Crippen LogP contribution in [0.15, 0.2) is 29.3 Å². The number of allylic oxidation sites excluding steroid dienone is 1. The number of benzene rings is 1. The minimum absolute atomic E-state index is 0.435. The molecule has 0 heterocycles. The Morgan fingerprint density at radius 1 is 1.29 bits per heavy atom. The van der Waals surface area contributed by atoms with Crippen LogP contribution < -0.4 is 9.47 Å². The van der Waals surface area contributed by atoms with Crippen LogP contribution in [0.25, 0.3) is 0 Å². The zero-order chi connectivity index (χ0) is 12.8. The van der Waals surface area contributed by atoms with Crippen molar-refractivity contribution in [2.75, 3.05) is 14.2 Å². The number of hydrogen-bond donors (Lipinski definition) is 0. The van der Waals surface area contributed by atoms with Crippen molar-refractivity contribution >= 4 is 15.9 Å². The predicted molar refractivity (Wildman–Crippen MR) is 75.1 cm³/mol. The second kappa shape index (κ2) is 6.70. The molecule has 17 heavy (non-hydrogen) atoms. The maximum Gasteiger partial charge on any atom is 0.136 e. The van der Waals surface area contributed by atoms with Crippen LogP contribution in [0.5, 0.6) is 11.5 Å². The van der Waals surface area contributed by atoms with Crippen molar-refractivity contribution in [2.45, 2.75) is 25.7 Å². The fourth-order valence-corrected chi connectivity index (χ4v) is 2.44. The van der Waals surface area contributed by atoms with Crippen molar-refractivity contribution in [2.24, 2.45) is 0 Å². The van der Waals surface area contributed by atoms with Gasteiger partial charge in [-0.15, -0.1) is 6.58 Å². The van der Waals surface area contributed by atoms with Gasteiger partial charge in [0, 0.05) is 6.07 Å². The fourth-order valence-electron chi connectivity index (χ4n) is 1.92. The van der Waals surface area contributed by atoms with Gasteiger partial charge in [-0.2, -0.15) is 0 Å². The molecule has 3 heteroatoms. The summed E-state index contributed by atoms with van der Waals surface area (Å²) in [5, 5.41) is 0. The average Bonchev–Trinajstić information content (AvgIpc) is 2.35. The van der Waals surface area contributed by atoms with Gasteiger partial charge in [-0.1, -0.05) is 13.0 Å². The first-order chi connectivity index (χ1) is 8.17. The highest BCUT2D eigenvalue weighted by Gasteiger charge is 2.16. The van der Waals surface area contributed by atoms with Crippen LogP contribution in [0.4, 0.5) is 0 Å². The second-order valence-corrected chi connectivity index (χ2v) is 4.71. The van der Waals surface area contributed by atoms with Gasteiger partial charge in [0.25, 0.3) is 0 Å². The van der Waals surface area contributed by atoms with Crippen molar-refractivity contribution in [3.05, 3.63) is 34.8 Å². The molecule has 0 spiro atoms. The molecule has 1 rings (SSSR count). The van der Waals surface area contributed by atoms with Crippen LogP contribution in [-0.2, 0) is 0 Å². The molecule has 0 aliphatic rings. The third-order valence-corrected chi connectivity index (χ3v) is 3.51. The zero-order valence-corrected chi connectivity index (χ0v) is 12.2. The van der Waals surface area contributed by atoms with Gasteiger partial charge in [-0.05, 0) is 46.3 Å². The van der Waals surface area contributed by atoms with E-state index < -0.39 is 0 Å². The quantitative estimate of drug-likeness (QED) is 0.718. The van der Waals surface area contributed by atoms with E-state index in [4.69, 9.17) is 9.47 Å². The van der Waals surface area contributed by atoms with Crippen LogP contribution >= 0.6 is 15.9 Å². The topological polar surface area (TPSA) is 18.5 Å². The lowest BCUT2D eigenvalue weighted by molar-refractivity contribution is 0.386. The SMILES string of the molecule is C=CCC(CC)c1cc(Br)c(OC)cc1OC. The van der Waals surface area contributed by atoms with E-state index in [1.807, 2.05) is 12.1 Å². The lowest BCUT2D eigenvalue weighted by Crippen LogP contribution is -2.01. The molecule has 0 fully saturated rings. The number of halogens is 1. The molecule has 0 N–H and O–H groups in total. The van der Waals surface area contributed by atoms with Crippen molar-refractivity contribution in [1.29, 1.82) is 0 Å². The van der Waals surface area contributed by atoms with Gasteiger partial charge in [0.2, 0.25) is 0 Å². The Morgan fingerprint density at radius 3 is 2.41 bits per heavy atom. The van der Waals surface area contributed by atoms with Crippen molar-refractivity contribution in [3.63, 3.8) is 0 Å². The number of rotatable bonds is 6. The van der Waals surface area contributed by atoms with E-state index >= 15 is 0 Å². The summed E-state index contributed by atoms with van der Waals surface area (Å²) in [6, 6.07) is 4.00. The largest absolute Gasteiger partial charge is 0.496 e. The highest BCUT2D eigenvalue weighted by Crippen LogP contribution is 2.38. The summed E-state index contributed by atoms with van der Waals surface area (Å²) in [6.45, 7) is 5.98. The first-order valence-electron chi connectivity index (χ1n) is 5.70. The van der Waals surface area contributed by atoms with Gasteiger partial charge in [-0.25, -0.2) is 0 Å². The maximum atomic E-state index is 5.44. The molecule has 0 aromatic heterocycles. The number of hydrogen-bond acceptors (Lipinski definition) is 2. The molecule has 94 valence electrons. The Hall–Kier alpha value is -0.960. The van der Waals surface area contributed by atoms with E-state index in [2.05, 4.69) is 35.5 Å². The normalized spacial score (nSPS) is 12.0. The van der Waals surface area contributed by atoms with Crippen LogP contribution in [0.3, 0.4) is 0 Å². The van der Waals surface area contributed by atoms with E-state index in [1.54, 1.807) is 14.2 Å². The molecule has 1 aromatic rings. The van der Waals surface area contributed by atoms with Gasteiger partial charge < -0.3 is 9.47 Å². The molecule has 1 atom stereocenters. The Balaban J connectivity index is 3.21. The predicted octanol–water partition coefficient (Wildman–Crippen LogP) is 4.54. The Kier molecular flexibility index (Phi) is 5.56. The van der Waals surface area contributed by atoms with Gasteiger partial charge in [0.15, 0.2) is 0 Å². The molecule has 0 amide bonds. The number of ether oxygens (including phenoxy) is 2. The molecule has 0 aliphatic carbocycles. The number of methoxy groups -OCH3 is 2. The Bertz CT molecular complexity index is 388. The fraction of sp³-hybridized carbons (Fsp3) is 0.429. The van der Waals surface area contributed by atoms with Gasteiger partial charge in [0.05, 0.1) is 18.7 Å². The third kappa shape index (κ3) is 3.25. The van der Waals surface area contributed by atoms with E-state index in [1.165, 1.54) is 5.56 Å². The molecule has 1 aromatic carbocycles. The lowest BCUT2D eigenvalue weighted by atomic mass is 9.92. The van der Waals surface area contributed by atoms with Crippen LogP contribution in [0.2, 0.25) is 0 Å². The van der Waals surface area contributed by atoms with E-state index in [9.17, 15) is 0 Å². The van der Waals surface area contributed by atoms with Crippen LogP contribution in [0.1, 0.15) is 31.2 Å². The molecular formula is C14H19BrO2. The van der Waals surface area contributed by atoms with E-state index in [0.29, 0.717) is 5.92 Å². The minimum Gasteiger partial charge on any atom is -0.496 e. The molecule has 0 saturated carbocycles. The average molecular weight is 299 g/mol. The van der Waals surface area contributed by atoms with E-state index in [0.717, 1.165) is 28.8 Å². The summed E-state index contributed by atoms with van der Waals surface area (Å²) in [4.78, 5) is 0. The maximum absolute atomic E-state index is 5.44. The molecule has 0 saturated heterocycles. The minimum atomic E-state index is 0.435. The molecule has 1 unspecified atom stereocenters. The molecule has 0 bridgehead atoms. The lowest BCUT2D eigenvalue weighted by Gasteiger charge is -2.18. The Morgan fingerprint density at radius 2 is 1.94 bits per heavy atom. The van der Waals surface area contributed by atoms with Gasteiger partial charge in [0.1, 0.15) is 11.5 Å². The first kappa shape index (κ1) is 14.1. The van der Waals surface area contributed by atoms with Gasteiger partial charge >= 0.3 is 0 Å². The van der Waals surface area contributed by atoms with Crippen LogP contribution in [0, 0.1) is 0 Å². The summed E-state index contributed by atoms with van der Waals surface area (Å²) < 4.78 is 11.7. The summed E-state index contributed by atoms with van der Waals surface area (Å²) in [6.07, 6.45) is 3.96. The van der Waals surface area contributed by atoms with Crippen molar-refractivity contribution in [1.82, 2.24) is 0 Å². The molecule has 2 nitrogen and oxygen atoms in total. The summed E-state index contributed by atoms with van der Waals surface area (Å²) in [5.41, 5.74) is 1.20. The van der Waals surface area contributed by atoms with Gasteiger partial charge in [-0.3, -0.25) is 0 Å².